The van der Waals surface area contributed by atoms with Crippen LogP contribution in [0.5, 0.6) is 5.75 Å². The van der Waals surface area contributed by atoms with Crippen LogP contribution in [-0.2, 0) is 17.9 Å². The van der Waals surface area contributed by atoms with Gasteiger partial charge < -0.3 is 20.6 Å². The first-order chi connectivity index (χ1) is 18.9. The summed E-state index contributed by atoms with van der Waals surface area (Å²) in [5.74, 6) is 4.38. The Labute approximate surface area is 236 Å². The van der Waals surface area contributed by atoms with Crippen LogP contribution in [0, 0.1) is 25.1 Å². The summed E-state index contributed by atoms with van der Waals surface area (Å²) in [4.78, 5) is 18.7. The highest BCUT2D eigenvalue weighted by Crippen LogP contribution is 2.45. The Hall–Kier alpha value is -3.69. The van der Waals surface area contributed by atoms with Gasteiger partial charge in [-0.05, 0) is 61.6 Å². The molecule has 1 aromatic heterocycles. The molecule has 0 aliphatic carbocycles. The molecule has 1 aliphatic heterocycles. The summed E-state index contributed by atoms with van der Waals surface area (Å²) >= 11 is 0. The molecule has 5 N–H and O–H groups in total. The molecule has 1 unspecified atom stereocenters. The van der Waals surface area contributed by atoms with Crippen molar-refractivity contribution in [3.8, 4) is 5.75 Å². The van der Waals surface area contributed by atoms with Crippen molar-refractivity contribution in [2.75, 3.05) is 30.9 Å². The third-order valence-electron chi connectivity index (χ3n) is 7.57. The Morgan fingerprint density at radius 1 is 1.23 bits per heavy atom. The molecule has 0 bridgehead atoms. The largest absolute Gasteiger partial charge is 0.489 e. The number of carbonyl (C=O) groups is 1. The third kappa shape index (κ3) is 6.21. The van der Waals surface area contributed by atoms with Gasteiger partial charge in [-0.2, -0.15) is 0 Å². The second-order valence-corrected chi connectivity index (χ2v) is 10.6. The smallest absolute Gasteiger partial charge is 0.310 e. The highest BCUT2D eigenvalue weighted by atomic mass is 19.1. The van der Waals surface area contributed by atoms with E-state index in [2.05, 4.69) is 16.0 Å². The van der Waals surface area contributed by atoms with E-state index in [9.17, 15) is 14.3 Å². The maximum atomic E-state index is 14.2. The van der Waals surface area contributed by atoms with Crippen molar-refractivity contribution in [2.45, 2.75) is 60.5 Å². The van der Waals surface area contributed by atoms with Gasteiger partial charge in [-0.25, -0.2) is 10.2 Å². The zero-order valence-electron chi connectivity index (χ0n) is 24.6. The van der Waals surface area contributed by atoms with Crippen LogP contribution < -0.4 is 21.3 Å². The number of hydrogen-bond acceptors (Lipinski definition) is 7. The van der Waals surface area contributed by atoms with Crippen LogP contribution in [0.1, 0.15) is 67.0 Å². The SMILES string of the molecule is CC.Cc1ccc(C(c2ccc(N(C)N)c(N)c2C)C(C)(C)C(=O)O)cc1CN1CCOc2c(F)cncc2C1. The first-order valence-electron chi connectivity index (χ1n) is 13.6. The molecule has 2 heterocycles. The number of nitrogens with zero attached hydrogens (tertiary/aromatic N) is 3. The number of hydrazine groups is 1. The van der Waals surface area contributed by atoms with Gasteiger partial charge in [0.05, 0.1) is 23.0 Å². The van der Waals surface area contributed by atoms with Crippen LogP contribution in [0.2, 0.25) is 0 Å². The van der Waals surface area contributed by atoms with Gasteiger partial charge in [-0.15, -0.1) is 0 Å². The average molecular weight is 552 g/mol. The van der Waals surface area contributed by atoms with Crippen molar-refractivity contribution < 1.29 is 19.0 Å². The Morgan fingerprint density at radius 3 is 2.58 bits per heavy atom. The lowest BCUT2D eigenvalue weighted by atomic mass is 9.69. The van der Waals surface area contributed by atoms with Crippen molar-refractivity contribution in [3.63, 3.8) is 0 Å². The summed E-state index contributed by atoms with van der Waals surface area (Å²) in [6, 6.07) is 9.86. The summed E-state index contributed by atoms with van der Waals surface area (Å²) in [7, 11) is 1.71. The average Bonchev–Trinajstić information content (AvgIpc) is 3.12. The molecule has 1 atom stereocenters. The number of nitrogens with two attached hydrogens (primary N) is 2. The van der Waals surface area contributed by atoms with Gasteiger partial charge in [-0.1, -0.05) is 38.1 Å². The molecule has 0 spiro atoms. The first-order valence-corrected chi connectivity index (χ1v) is 13.6. The zero-order valence-corrected chi connectivity index (χ0v) is 24.6. The van der Waals surface area contributed by atoms with Gasteiger partial charge in [0.25, 0.3) is 0 Å². The second-order valence-electron chi connectivity index (χ2n) is 10.6. The van der Waals surface area contributed by atoms with Gasteiger partial charge in [-0.3, -0.25) is 14.7 Å². The number of benzene rings is 2. The zero-order chi connectivity index (χ0) is 29.8. The fraction of sp³-hybridized carbons (Fsp3) is 0.419. The number of aliphatic carboxylic acids is 1. The topological polar surface area (TPSA) is 118 Å². The Kier molecular flexibility index (Phi) is 9.76. The highest BCUT2D eigenvalue weighted by molar-refractivity contribution is 5.78. The van der Waals surface area contributed by atoms with E-state index in [0.29, 0.717) is 43.2 Å². The molecule has 0 saturated heterocycles. The molecule has 8 nitrogen and oxygen atoms in total. The fourth-order valence-corrected chi connectivity index (χ4v) is 5.21. The number of pyridine rings is 1. The van der Waals surface area contributed by atoms with Crippen molar-refractivity contribution in [1.82, 2.24) is 9.88 Å². The van der Waals surface area contributed by atoms with Crippen molar-refractivity contribution >= 4 is 17.3 Å². The molecule has 4 rings (SSSR count). The van der Waals surface area contributed by atoms with E-state index >= 15 is 0 Å². The number of aryl methyl sites for hydroxylation is 1. The maximum absolute atomic E-state index is 14.2. The quantitative estimate of drug-likeness (QED) is 0.203. The normalized spacial score (nSPS) is 14.2. The third-order valence-corrected chi connectivity index (χ3v) is 7.57. The molecule has 1 aliphatic rings. The van der Waals surface area contributed by atoms with Gasteiger partial charge in [0.2, 0.25) is 0 Å². The van der Waals surface area contributed by atoms with Crippen LogP contribution in [0.25, 0.3) is 0 Å². The number of fused-ring (bicyclic) bond motifs is 1. The number of anilines is 2. The molecule has 0 fully saturated rings. The lowest BCUT2D eigenvalue weighted by molar-refractivity contribution is -0.147. The Morgan fingerprint density at radius 2 is 1.93 bits per heavy atom. The number of rotatable bonds is 7. The number of aromatic nitrogens is 1. The van der Waals surface area contributed by atoms with Gasteiger partial charge in [0, 0.05) is 44.4 Å². The van der Waals surface area contributed by atoms with E-state index < -0.39 is 23.1 Å². The molecule has 216 valence electrons. The summed E-state index contributed by atoms with van der Waals surface area (Å²) in [5.41, 5.74) is 11.9. The Bertz CT molecular complexity index is 1360. The van der Waals surface area contributed by atoms with Crippen LogP contribution in [0.4, 0.5) is 15.8 Å². The number of halogens is 1. The van der Waals surface area contributed by atoms with Crippen LogP contribution in [0.15, 0.2) is 42.7 Å². The molecule has 9 heteroatoms. The van der Waals surface area contributed by atoms with Gasteiger partial charge in [0.15, 0.2) is 11.6 Å². The number of carboxylic acids is 1. The van der Waals surface area contributed by atoms with Crippen molar-refractivity contribution in [1.29, 1.82) is 0 Å². The molecule has 0 radical (unpaired) electrons. The number of ether oxygens (including phenoxy) is 1. The van der Waals surface area contributed by atoms with Crippen LogP contribution >= 0.6 is 0 Å². The van der Waals surface area contributed by atoms with E-state index in [1.54, 1.807) is 27.1 Å². The predicted molar refractivity (Wildman–Crippen MR) is 158 cm³/mol. The van der Waals surface area contributed by atoms with E-state index in [0.717, 1.165) is 27.8 Å². The fourth-order valence-electron chi connectivity index (χ4n) is 5.21. The number of nitrogen functional groups attached to an aromatic ring is 1. The predicted octanol–water partition coefficient (Wildman–Crippen LogP) is 5.39. The molecule has 0 saturated carbocycles. The minimum Gasteiger partial charge on any atom is -0.489 e. The summed E-state index contributed by atoms with van der Waals surface area (Å²) < 4.78 is 19.9. The van der Waals surface area contributed by atoms with E-state index in [4.69, 9.17) is 16.3 Å². The monoisotopic (exact) mass is 551 g/mol. The molecular weight excluding hydrogens is 509 g/mol. The molecular formula is C31H42FN5O3. The number of carboxylic acid groups (broad SMARTS) is 1. The standard InChI is InChI=1S/C29H36FN5O3.C2H6/c1-17-6-7-19(12-20(17)15-35-10-11-38-27-21(16-35)13-33-14-23(27)30)25(29(3,4)28(36)37)22-8-9-24(34(5)32)26(31)18(22)2;1-2/h6-9,12-14,25H,10-11,15-16,31-32H2,1-5H3,(H,36,37);1-2H3. The van der Waals surface area contributed by atoms with Gasteiger partial charge in [0.1, 0.15) is 6.61 Å². The van der Waals surface area contributed by atoms with E-state index in [1.807, 2.05) is 52.0 Å². The number of hydrogen-bond donors (Lipinski definition) is 3. The van der Waals surface area contributed by atoms with Crippen molar-refractivity contribution in [3.05, 3.63) is 81.9 Å². The molecule has 2 aromatic carbocycles. The first kappa shape index (κ1) is 30.8. The molecule has 0 amide bonds. The minimum atomic E-state index is -1.13. The summed E-state index contributed by atoms with van der Waals surface area (Å²) in [6.45, 7) is 13.5. The van der Waals surface area contributed by atoms with Crippen LogP contribution in [-0.4, -0.2) is 41.2 Å². The highest BCUT2D eigenvalue weighted by Gasteiger charge is 2.40. The van der Waals surface area contributed by atoms with Crippen LogP contribution in [0.3, 0.4) is 0 Å². The summed E-state index contributed by atoms with van der Waals surface area (Å²) in [5, 5.41) is 11.7. The van der Waals surface area contributed by atoms with E-state index in [-0.39, 0.29) is 5.75 Å². The van der Waals surface area contributed by atoms with Gasteiger partial charge >= 0.3 is 5.97 Å². The Balaban J connectivity index is 0.00000216. The molecule has 3 aromatic rings. The molecule has 40 heavy (non-hydrogen) atoms. The maximum Gasteiger partial charge on any atom is 0.310 e. The lowest BCUT2D eigenvalue weighted by Gasteiger charge is -2.34. The minimum absolute atomic E-state index is 0.260. The second kappa shape index (κ2) is 12.7. The van der Waals surface area contributed by atoms with E-state index in [1.165, 1.54) is 11.2 Å². The summed E-state index contributed by atoms with van der Waals surface area (Å²) in [6.07, 6.45) is 2.81. The van der Waals surface area contributed by atoms with Crippen molar-refractivity contribution in [2.24, 2.45) is 11.3 Å². The lowest BCUT2D eigenvalue weighted by Crippen LogP contribution is -2.33.